The number of ether oxygens (including phenoxy) is 1. The van der Waals surface area contributed by atoms with Gasteiger partial charge in [0, 0.05) is 9.89 Å². The minimum absolute atomic E-state index is 0.214. The number of aromatic nitrogens is 2. The first kappa shape index (κ1) is 22.2. The van der Waals surface area contributed by atoms with Crippen molar-refractivity contribution in [1.82, 2.24) is 9.66 Å². The summed E-state index contributed by atoms with van der Waals surface area (Å²) in [6, 6.07) is 10.6. The number of primary amides is 1. The van der Waals surface area contributed by atoms with Gasteiger partial charge in [0.25, 0.3) is 11.5 Å². The molecule has 0 aliphatic heterocycles. The normalized spacial score (nSPS) is 11.9. The Morgan fingerprint density at radius 1 is 1.23 bits per heavy atom. The van der Waals surface area contributed by atoms with Gasteiger partial charge >= 0.3 is 0 Å². The number of benzene rings is 2. The third kappa shape index (κ3) is 4.96. The summed E-state index contributed by atoms with van der Waals surface area (Å²) in [6.45, 7) is 5.72. The third-order valence-corrected chi connectivity index (χ3v) is 5.24. The molecule has 0 saturated heterocycles. The Morgan fingerprint density at radius 3 is 2.60 bits per heavy atom. The third-order valence-electron chi connectivity index (χ3n) is 4.13. The van der Waals surface area contributed by atoms with Crippen LogP contribution in [-0.2, 0) is 10.2 Å². The van der Waals surface area contributed by atoms with E-state index in [0.29, 0.717) is 26.9 Å². The van der Waals surface area contributed by atoms with Gasteiger partial charge in [0.15, 0.2) is 6.61 Å². The molecule has 0 bridgehead atoms. The molecule has 0 aliphatic carbocycles. The second kappa shape index (κ2) is 8.69. The number of halogens is 2. The lowest BCUT2D eigenvalue weighted by Gasteiger charge is -2.20. The number of fused-ring (bicyclic) bond motifs is 1. The predicted octanol–water partition coefficient (Wildman–Crippen LogP) is 3.97. The van der Waals surface area contributed by atoms with E-state index < -0.39 is 11.3 Å². The van der Waals surface area contributed by atoms with Crippen molar-refractivity contribution in [3.63, 3.8) is 0 Å². The number of hydrogen-bond acceptors (Lipinski definition) is 5. The van der Waals surface area contributed by atoms with Gasteiger partial charge in [0.2, 0.25) is 0 Å². The van der Waals surface area contributed by atoms with Crippen molar-refractivity contribution in [3.05, 3.63) is 67.1 Å². The second-order valence-electron chi connectivity index (χ2n) is 7.65. The van der Waals surface area contributed by atoms with Crippen LogP contribution in [0.4, 0.5) is 0 Å². The van der Waals surface area contributed by atoms with E-state index in [0.717, 1.165) is 10.0 Å². The molecule has 0 unspecified atom stereocenters. The first-order valence-electron chi connectivity index (χ1n) is 9.04. The van der Waals surface area contributed by atoms with Crippen LogP contribution in [-0.4, -0.2) is 28.4 Å². The summed E-state index contributed by atoms with van der Waals surface area (Å²) in [6.07, 6.45) is 1.57. The Balaban J connectivity index is 2.05. The van der Waals surface area contributed by atoms with Crippen LogP contribution < -0.4 is 16.0 Å². The maximum atomic E-state index is 13.2. The van der Waals surface area contributed by atoms with Crippen molar-refractivity contribution >= 4 is 54.9 Å². The minimum Gasteiger partial charge on any atom is -0.483 e. The Morgan fingerprint density at radius 2 is 1.97 bits per heavy atom. The van der Waals surface area contributed by atoms with Crippen molar-refractivity contribution in [1.29, 1.82) is 0 Å². The van der Waals surface area contributed by atoms with Crippen LogP contribution in [0.25, 0.3) is 10.9 Å². The average Bonchev–Trinajstić information content (AvgIpc) is 2.66. The van der Waals surface area contributed by atoms with E-state index in [9.17, 15) is 9.59 Å². The number of hydrogen-bond donors (Lipinski definition) is 1. The van der Waals surface area contributed by atoms with Gasteiger partial charge in [-0.25, -0.2) is 4.98 Å². The lowest BCUT2D eigenvalue weighted by Crippen LogP contribution is -2.29. The van der Waals surface area contributed by atoms with E-state index in [1.807, 2.05) is 32.9 Å². The molecular weight excluding hydrogens is 516 g/mol. The van der Waals surface area contributed by atoms with Gasteiger partial charge < -0.3 is 10.5 Å². The molecule has 30 heavy (non-hydrogen) atoms. The number of nitrogens with two attached hydrogens (primary N) is 1. The Labute approximate surface area is 190 Å². The molecule has 0 atom stereocenters. The van der Waals surface area contributed by atoms with E-state index in [4.69, 9.17) is 10.5 Å². The summed E-state index contributed by atoms with van der Waals surface area (Å²) < 4.78 is 8.09. The molecule has 156 valence electrons. The zero-order valence-electron chi connectivity index (χ0n) is 16.6. The summed E-state index contributed by atoms with van der Waals surface area (Å²) in [5.74, 6) is 0.479. The summed E-state index contributed by atoms with van der Waals surface area (Å²) in [4.78, 5) is 28.7. The van der Waals surface area contributed by atoms with Crippen LogP contribution in [0.2, 0.25) is 0 Å². The Hall–Kier alpha value is -2.52. The Bertz CT molecular complexity index is 1210. The summed E-state index contributed by atoms with van der Waals surface area (Å²) in [7, 11) is 0. The summed E-state index contributed by atoms with van der Waals surface area (Å²) in [5.41, 5.74) is 5.81. The van der Waals surface area contributed by atoms with E-state index in [-0.39, 0.29) is 12.2 Å². The lowest BCUT2D eigenvalue weighted by molar-refractivity contribution is -0.119. The van der Waals surface area contributed by atoms with Gasteiger partial charge in [0.1, 0.15) is 11.6 Å². The second-order valence-corrected chi connectivity index (χ2v) is 9.42. The van der Waals surface area contributed by atoms with Crippen LogP contribution in [0.5, 0.6) is 5.75 Å². The quantitative estimate of drug-likeness (QED) is 0.499. The van der Waals surface area contributed by atoms with Crippen molar-refractivity contribution in [2.75, 3.05) is 6.61 Å². The van der Waals surface area contributed by atoms with Crippen LogP contribution in [0.3, 0.4) is 0 Å². The molecule has 0 saturated carbocycles. The molecule has 0 spiro atoms. The van der Waals surface area contributed by atoms with Gasteiger partial charge in [-0.15, -0.1) is 0 Å². The highest BCUT2D eigenvalue weighted by Crippen LogP contribution is 2.26. The maximum Gasteiger partial charge on any atom is 0.282 e. The van der Waals surface area contributed by atoms with Crippen LogP contribution in [0.1, 0.15) is 32.2 Å². The van der Waals surface area contributed by atoms with Gasteiger partial charge in [0.05, 0.1) is 21.6 Å². The fraction of sp³-hybridized carbons (Fsp3) is 0.238. The highest BCUT2D eigenvalue weighted by atomic mass is 79.9. The molecule has 1 amide bonds. The molecule has 0 radical (unpaired) electrons. The molecule has 0 aliphatic rings. The number of amides is 1. The van der Waals surface area contributed by atoms with Crippen LogP contribution >= 0.6 is 31.9 Å². The van der Waals surface area contributed by atoms with E-state index in [1.165, 1.54) is 4.68 Å². The van der Waals surface area contributed by atoms with Gasteiger partial charge in [-0.1, -0.05) is 36.7 Å². The molecular formula is C21H20Br2N4O3. The van der Waals surface area contributed by atoms with Crippen molar-refractivity contribution in [3.8, 4) is 5.75 Å². The monoisotopic (exact) mass is 534 g/mol. The highest BCUT2D eigenvalue weighted by molar-refractivity contribution is 9.10. The molecule has 0 fully saturated rings. The lowest BCUT2D eigenvalue weighted by atomic mass is 9.95. The molecule has 3 rings (SSSR count). The molecule has 7 nitrogen and oxygen atoms in total. The first-order valence-corrected chi connectivity index (χ1v) is 10.6. The first-order chi connectivity index (χ1) is 14.1. The zero-order valence-corrected chi connectivity index (χ0v) is 19.8. The summed E-state index contributed by atoms with van der Waals surface area (Å²) >= 11 is 6.80. The number of carbonyl (C=O) groups is 1. The number of carbonyl (C=O) groups excluding carboxylic acids is 1. The average molecular weight is 536 g/mol. The topological polar surface area (TPSA) is 99.6 Å². The molecule has 2 aromatic carbocycles. The fourth-order valence-corrected chi connectivity index (χ4v) is 3.60. The van der Waals surface area contributed by atoms with E-state index in [1.54, 1.807) is 30.5 Å². The molecule has 2 N–H and O–H groups in total. The van der Waals surface area contributed by atoms with Crippen molar-refractivity contribution in [2.45, 2.75) is 26.2 Å². The van der Waals surface area contributed by atoms with Gasteiger partial charge in [-0.3, -0.25) is 9.59 Å². The van der Waals surface area contributed by atoms with Gasteiger partial charge in [-0.2, -0.15) is 9.78 Å². The molecule has 3 aromatic rings. The summed E-state index contributed by atoms with van der Waals surface area (Å²) in [5, 5.41) is 4.91. The molecule has 1 heterocycles. The van der Waals surface area contributed by atoms with Crippen molar-refractivity contribution < 1.29 is 9.53 Å². The Kier molecular flexibility index (Phi) is 6.42. The smallest absolute Gasteiger partial charge is 0.282 e. The number of rotatable bonds is 5. The van der Waals surface area contributed by atoms with E-state index >= 15 is 0 Å². The highest BCUT2D eigenvalue weighted by Gasteiger charge is 2.22. The minimum atomic E-state index is -0.558. The predicted molar refractivity (Wildman–Crippen MR) is 124 cm³/mol. The van der Waals surface area contributed by atoms with E-state index in [2.05, 4.69) is 41.9 Å². The van der Waals surface area contributed by atoms with Crippen LogP contribution in [0.15, 0.2) is 55.2 Å². The largest absolute Gasteiger partial charge is 0.483 e. The maximum absolute atomic E-state index is 13.2. The standard InChI is InChI=1S/C21H20Br2N4O3/c1-21(2,3)20-26-16-6-5-13(22)9-14(16)19(29)27(20)25-10-12-4-7-17(15(23)8-12)30-11-18(24)28/h4-10H,11H2,1-3H3,(H2,24,28). The molecule has 1 aromatic heterocycles. The zero-order chi connectivity index (χ0) is 22.1. The molecule has 9 heteroatoms. The SMILES string of the molecule is CC(C)(C)c1nc2ccc(Br)cc2c(=O)n1N=Cc1ccc(OCC(N)=O)c(Br)c1. The fourth-order valence-electron chi connectivity index (χ4n) is 2.73. The van der Waals surface area contributed by atoms with Crippen LogP contribution in [0, 0.1) is 0 Å². The number of nitrogens with zero attached hydrogens (tertiary/aromatic N) is 3. The van der Waals surface area contributed by atoms with Gasteiger partial charge in [-0.05, 0) is 57.9 Å². The van der Waals surface area contributed by atoms with Crippen molar-refractivity contribution in [2.24, 2.45) is 10.8 Å².